The van der Waals surface area contributed by atoms with Gasteiger partial charge in [-0.25, -0.2) is 4.98 Å². The highest BCUT2D eigenvalue weighted by molar-refractivity contribution is 6.06. The number of hydrogen-bond donors (Lipinski definition) is 4. The van der Waals surface area contributed by atoms with E-state index in [1.54, 1.807) is 44.2 Å². The van der Waals surface area contributed by atoms with Crippen molar-refractivity contribution in [2.24, 2.45) is 0 Å². The number of hydrogen-bond acceptors (Lipinski definition) is 8. The fourth-order valence-electron chi connectivity index (χ4n) is 5.21. The van der Waals surface area contributed by atoms with Gasteiger partial charge >= 0.3 is 6.18 Å². The molecule has 2 aromatic carbocycles. The van der Waals surface area contributed by atoms with Gasteiger partial charge in [0.2, 0.25) is 11.9 Å². The van der Waals surface area contributed by atoms with Crippen LogP contribution in [0.3, 0.4) is 0 Å². The van der Waals surface area contributed by atoms with Crippen LogP contribution in [0.2, 0.25) is 0 Å². The van der Waals surface area contributed by atoms with Crippen molar-refractivity contribution in [3.63, 3.8) is 0 Å². The fourth-order valence-corrected chi connectivity index (χ4v) is 5.21. The maximum Gasteiger partial charge on any atom is 0.421 e. The zero-order valence-electron chi connectivity index (χ0n) is 22.6. The lowest BCUT2D eigenvalue weighted by molar-refractivity contribution is -0.137. The summed E-state index contributed by atoms with van der Waals surface area (Å²) in [4.78, 5) is 24.9. The summed E-state index contributed by atoms with van der Waals surface area (Å²) in [7, 11) is 0. The van der Waals surface area contributed by atoms with E-state index in [0.29, 0.717) is 17.4 Å². The van der Waals surface area contributed by atoms with Crippen molar-refractivity contribution in [1.82, 2.24) is 14.9 Å². The van der Waals surface area contributed by atoms with Crippen LogP contribution >= 0.6 is 0 Å². The van der Waals surface area contributed by atoms with E-state index in [1.807, 2.05) is 6.07 Å². The molecule has 2 aliphatic heterocycles. The van der Waals surface area contributed by atoms with Crippen LogP contribution in [0.5, 0.6) is 5.75 Å². The highest BCUT2D eigenvalue weighted by Crippen LogP contribution is 2.40. The van der Waals surface area contributed by atoms with Crippen molar-refractivity contribution < 1.29 is 23.1 Å². The predicted octanol–water partition coefficient (Wildman–Crippen LogP) is 4.93. The molecule has 9 nitrogen and oxygen atoms in total. The number of alkyl halides is 3. The number of nitrogens with one attached hydrogen (secondary N) is 3. The second-order valence-electron chi connectivity index (χ2n) is 10.5. The molecule has 12 heteroatoms. The Morgan fingerprint density at radius 3 is 2.55 bits per heavy atom. The van der Waals surface area contributed by atoms with Gasteiger partial charge in [-0.3, -0.25) is 4.79 Å². The predicted molar refractivity (Wildman–Crippen MR) is 148 cm³/mol. The first-order valence-electron chi connectivity index (χ1n) is 13.2. The number of phenols is 1. The van der Waals surface area contributed by atoms with Gasteiger partial charge in [-0.05, 0) is 49.7 Å². The molecule has 0 bridgehead atoms. The molecular weight excluding hydrogens is 523 g/mol. The summed E-state index contributed by atoms with van der Waals surface area (Å²) >= 11 is 0. The molecule has 0 spiro atoms. The second kappa shape index (κ2) is 10.5. The Morgan fingerprint density at radius 2 is 1.88 bits per heavy atom. The summed E-state index contributed by atoms with van der Waals surface area (Å²) in [6.45, 7) is 10.2. The maximum absolute atomic E-state index is 13.8. The molecule has 0 saturated carbocycles. The minimum absolute atomic E-state index is 0.00629. The summed E-state index contributed by atoms with van der Waals surface area (Å²) in [5, 5.41) is 19.1. The lowest BCUT2D eigenvalue weighted by atomic mass is 9.83. The largest absolute Gasteiger partial charge is 0.506 e. The molecule has 212 valence electrons. The van der Waals surface area contributed by atoms with Gasteiger partial charge < -0.3 is 30.9 Å². The van der Waals surface area contributed by atoms with E-state index in [1.165, 1.54) is 0 Å². The Balaban J connectivity index is 1.36. The minimum Gasteiger partial charge on any atom is -0.506 e. The summed E-state index contributed by atoms with van der Waals surface area (Å²) in [5.41, 5.74) is 1.33. The first-order valence-corrected chi connectivity index (χ1v) is 13.2. The average Bonchev–Trinajstić information content (AvgIpc) is 3.16. The number of carbonyl (C=O) groups excluding carboxylic acids is 1. The molecule has 1 fully saturated rings. The molecule has 0 atom stereocenters. The van der Waals surface area contributed by atoms with Gasteiger partial charge in [0.15, 0.2) is 0 Å². The molecule has 0 radical (unpaired) electrons. The molecule has 2 aliphatic rings. The molecule has 1 aromatic heterocycles. The van der Waals surface area contributed by atoms with E-state index < -0.39 is 23.0 Å². The van der Waals surface area contributed by atoms with Crippen molar-refractivity contribution in [2.45, 2.75) is 38.9 Å². The normalized spacial score (nSPS) is 16.9. The van der Waals surface area contributed by atoms with Gasteiger partial charge in [-0.2, -0.15) is 18.2 Å². The molecule has 4 N–H and O–H groups in total. The Labute approximate surface area is 230 Å². The van der Waals surface area contributed by atoms with Gasteiger partial charge in [0, 0.05) is 56.4 Å². The molecule has 1 amide bonds. The number of likely N-dealkylation sites (N-methyl/N-ethyl adjacent to an activating group) is 1. The van der Waals surface area contributed by atoms with Crippen LogP contribution in [-0.2, 0) is 22.9 Å². The third-order valence-corrected chi connectivity index (χ3v) is 7.54. The first-order chi connectivity index (χ1) is 19.0. The van der Waals surface area contributed by atoms with Gasteiger partial charge in [0.1, 0.15) is 17.1 Å². The van der Waals surface area contributed by atoms with Crippen LogP contribution in [0, 0.1) is 0 Å². The Kier molecular flexibility index (Phi) is 7.21. The second-order valence-corrected chi connectivity index (χ2v) is 10.5. The van der Waals surface area contributed by atoms with Gasteiger partial charge in [-0.15, -0.1) is 0 Å². The molecule has 40 heavy (non-hydrogen) atoms. The number of anilines is 5. The first kappa shape index (κ1) is 27.5. The van der Waals surface area contributed by atoms with Crippen LogP contribution in [0.25, 0.3) is 0 Å². The average molecular weight is 556 g/mol. The third-order valence-electron chi connectivity index (χ3n) is 7.54. The SMILES string of the molecule is CCN1CCN(c2ccc(Nc3ncc(C(F)(F)F)c(NCc4cccc5c4C(C)(C)C(=O)N5)n3)c(O)c2)CC1. The van der Waals surface area contributed by atoms with Crippen LogP contribution in [0.1, 0.15) is 37.5 Å². The lowest BCUT2D eigenvalue weighted by Gasteiger charge is -2.35. The number of rotatable bonds is 7. The van der Waals surface area contributed by atoms with E-state index >= 15 is 0 Å². The monoisotopic (exact) mass is 555 g/mol. The summed E-state index contributed by atoms with van der Waals surface area (Å²) in [5.74, 6) is -0.755. The molecular formula is C28H32F3N7O2. The zero-order valence-corrected chi connectivity index (χ0v) is 22.6. The quantitative estimate of drug-likeness (QED) is 0.304. The number of amides is 1. The third kappa shape index (κ3) is 5.35. The van der Waals surface area contributed by atoms with Crippen molar-refractivity contribution in [3.8, 4) is 5.75 Å². The number of carbonyl (C=O) groups is 1. The number of benzene rings is 2. The van der Waals surface area contributed by atoms with Crippen LogP contribution in [0.15, 0.2) is 42.6 Å². The number of aromatic hydroxyl groups is 1. The van der Waals surface area contributed by atoms with E-state index in [9.17, 15) is 23.1 Å². The fraction of sp³-hybridized carbons (Fsp3) is 0.393. The Morgan fingerprint density at radius 1 is 1.12 bits per heavy atom. The number of halogens is 3. The van der Waals surface area contributed by atoms with Crippen molar-refractivity contribution >= 4 is 34.7 Å². The summed E-state index contributed by atoms with van der Waals surface area (Å²) in [6, 6.07) is 10.4. The van der Waals surface area contributed by atoms with Crippen molar-refractivity contribution in [1.29, 1.82) is 0 Å². The van der Waals surface area contributed by atoms with Gasteiger partial charge in [0.05, 0.1) is 11.1 Å². The smallest absolute Gasteiger partial charge is 0.421 e. The Bertz CT molecular complexity index is 1420. The number of piperazine rings is 1. The minimum atomic E-state index is -4.69. The van der Waals surface area contributed by atoms with E-state index in [-0.39, 0.29) is 29.8 Å². The number of fused-ring (bicyclic) bond motifs is 1. The van der Waals surface area contributed by atoms with E-state index in [4.69, 9.17) is 0 Å². The van der Waals surface area contributed by atoms with Gasteiger partial charge in [0.25, 0.3) is 0 Å². The number of phenolic OH excluding ortho intramolecular Hbond substituents is 1. The van der Waals surface area contributed by atoms with E-state index in [0.717, 1.165) is 44.0 Å². The lowest BCUT2D eigenvalue weighted by Crippen LogP contribution is -2.46. The Hall–Kier alpha value is -4.06. The van der Waals surface area contributed by atoms with Gasteiger partial charge in [-0.1, -0.05) is 19.1 Å². The molecule has 5 rings (SSSR count). The topological polar surface area (TPSA) is 106 Å². The molecule has 1 saturated heterocycles. The van der Waals surface area contributed by atoms with E-state index in [2.05, 4.69) is 42.6 Å². The van der Waals surface area contributed by atoms with Crippen LogP contribution in [0.4, 0.5) is 42.0 Å². The van der Waals surface area contributed by atoms with Crippen LogP contribution < -0.4 is 20.9 Å². The number of nitrogens with zero attached hydrogens (tertiary/aromatic N) is 4. The summed E-state index contributed by atoms with van der Waals surface area (Å²) in [6.07, 6.45) is -3.98. The van der Waals surface area contributed by atoms with Crippen LogP contribution in [-0.4, -0.2) is 58.6 Å². The van der Waals surface area contributed by atoms with Crippen molar-refractivity contribution in [2.75, 3.05) is 53.6 Å². The molecule has 0 aliphatic carbocycles. The molecule has 0 unspecified atom stereocenters. The van der Waals surface area contributed by atoms with Crippen molar-refractivity contribution in [3.05, 3.63) is 59.3 Å². The maximum atomic E-state index is 13.8. The highest BCUT2D eigenvalue weighted by atomic mass is 19.4. The summed E-state index contributed by atoms with van der Waals surface area (Å²) < 4.78 is 41.4. The highest BCUT2D eigenvalue weighted by Gasteiger charge is 2.40. The molecule has 3 aromatic rings. The molecule has 3 heterocycles. The number of aromatic nitrogens is 2. The standard InChI is InChI=1S/C28H32F3N7O2/c1-4-37-10-12-38(13-11-37)18-8-9-20(22(39)14-18)35-26-33-16-19(28(29,30)31)24(36-26)32-15-17-6-5-7-21-23(17)27(2,3)25(40)34-21/h5-9,14,16,39H,4,10-13,15H2,1-3H3,(H,34,40)(H2,32,33,35,36). The zero-order chi connectivity index (χ0) is 28.7.